The second kappa shape index (κ2) is 12.5. The number of carboxylic acid groups (broad SMARTS) is 1. The number of para-hydroxylation sites is 1. The Bertz CT molecular complexity index is 1420. The molecule has 1 amide bonds. The average molecular weight is 541 g/mol. The molecule has 40 heavy (non-hydrogen) atoms. The van der Waals surface area contributed by atoms with Crippen molar-refractivity contribution in [3.63, 3.8) is 0 Å². The molecule has 1 fully saturated rings. The van der Waals surface area contributed by atoms with E-state index in [1.54, 1.807) is 24.3 Å². The van der Waals surface area contributed by atoms with Crippen molar-refractivity contribution in [2.24, 2.45) is 11.8 Å². The van der Waals surface area contributed by atoms with E-state index in [-0.39, 0.29) is 12.5 Å². The first-order valence-corrected chi connectivity index (χ1v) is 13.4. The maximum Gasteiger partial charge on any atom is 0.415 e. The number of hydrogen-bond donors (Lipinski definition) is 1. The van der Waals surface area contributed by atoms with E-state index >= 15 is 0 Å². The van der Waals surface area contributed by atoms with E-state index < -0.39 is 18.0 Å². The number of carboxylic acids is 1. The van der Waals surface area contributed by atoms with E-state index in [1.807, 2.05) is 55.5 Å². The van der Waals surface area contributed by atoms with Crippen LogP contribution in [-0.2, 0) is 24.1 Å². The van der Waals surface area contributed by atoms with Crippen LogP contribution in [-0.4, -0.2) is 46.7 Å². The van der Waals surface area contributed by atoms with Crippen LogP contribution in [0, 0.1) is 18.8 Å². The number of benzene rings is 3. The molecule has 1 aliphatic rings. The largest absolute Gasteiger partial charge is 0.493 e. The molecule has 3 aromatic carbocycles. The molecule has 2 heterocycles. The van der Waals surface area contributed by atoms with Crippen LogP contribution in [0.4, 0.5) is 4.79 Å². The van der Waals surface area contributed by atoms with E-state index in [1.165, 1.54) is 4.90 Å². The minimum atomic E-state index is -0.907. The SMILES string of the molecule is Cc1oc(Cc2ccccc2)nc1CCOc1ccc(C[C@@H]2CN(C(=O)Oc3ccccc3)C[C@@H]2C(=O)O)cc1. The minimum absolute atomic E-state index is 0.126. The van der Waals surface area contributed by atoms with Crippen molar-refractivity contribution in [3.05, 3.63) is 113 Å². The number of oxazole rings is 1. The van der Waals surface area contributed by atoms with Crippen molar-refractivity contribution in [1.29, 1.82) is 0 Å². The first-order valence-electron chi connectivity index (χ1n) is 13.4. The lowest BCUT2D eigenvalue weighted by Gasteiger charge is -2.16. The number of aryl methyl sites for hydroxylation is 1. The number of aromatic nitrogens is 1. The van der Waals surface area contributed by atoms with Crippen molar-refractivity contribution in [3.8, 4) is 11.5 Å². The number of ether oxygens (including phenoxy) is 2. The molecule has 0 aliphatic carbocycles. The van der Waals surface area contributed by atoms with E-state index in [2.05, 4.69) is 17.1 Å². The third-order valence-electron chi connectivity index (χ3n) is 7.13. The molecule has 0 bridgehead atoms. The second-order valence-corrected chi connectivity index (χ2v) is 10.0. The third-order valence-corrected chi connectivity index (χ3v) is 7.13. The molecule has 1 aliphatic heterocycles. The third kappa shape index (κ3) is 6.88. The first-order chi connectivity index (χ1) is 19.4. The van der Waals surface area contributed by atoms with Gasteiger partial charge in [0.25, 0.3) is 0 Å². The number of nitrogens with zero attached hydrogens (tertiary/aromatic N) is 2. The summed E-state index contributed by atoms with van der Waals surface area (Å²) in [5, 5.41) is 9.77. The predicted molar refractivity (Wildman–Crippen MR) is 148 cm³/mol. The van der Waals surface area contributed by atoms with Gasteiger partial charge in [0.1, 0.15) is 17.3 Å². The molecule has 2 atom stereocenters. The number of amides is 1. The molecule has 4 aromatic rings. The molecule has 8 nitrogen and oxygen atoms in total. The Morgan fingerprint density at radius 2 is 1.62 bits per heavy atom. The molecule has 5 rings (SSSR count). The van der Waals surface area contributed by atoms with Gasteiger partial charge in [-0.1, -0.05) is 60.7 Å². The number of hydrogen-bond acceptors (Lipinski definition) is 6. The van der Waals surface area contributed by atoms with Crippen molar-refractivity contribution >= 4 is 12.1 Å². The highest BCUT2D eigenvalue weighted by atomic mass is 16.6. The van der Waals surface area contributed by atoms with Crippen LogP contribution in [0.3, 0.4) is 0 Å². The predicted octanol–water partition coefficient (Wildman–Crippen LogP) is 5.57. The monoisotopic (exact) mass is 540 g/mol. The number of rotatable bonds is 10. The van der Waals surface area contributed by atoms with Gasteiger partial charge in [0.15, 0.2) is 5.89 Å². The minimum Gasteiger partial charge on any atom is -0.493 e. The second-order valence-electron chi connectivity index (χ2n) is 10.0. The van der Waals surface area contributed by atoms with Gasteiger partial charge in [-0.2, -0.15) is 0 Å². The zero-order valence-corrected chi connectivity index (χ0v) is 22.4. The van der Waals surface area contributed by atoms with Crippen LogP contribution in [0.1, 0.15) is 28.5 Å². The van der Waals surface area contributed by atoms with Crippen LogP contribution in [0.5, 0.6) is 11.5 Å². The molecule has 206 valence electrons. The Morgan fingerprint density at radius 1 is 0.925 bits per heavy atom. The summed E-state index contributed by atoms with van der Waals surface area (Å²) in [6.45, 7) is 2.83. The molecule has 1 saturated heterocycles. The van der Waals surface area contributed by atoms with Crippen molar-refractivity contribution in [2.45, 2.75) is 26.2 Å². The number of likely N-dealkylation sites (tertiary alicyclic amines) is 1. The van der Waals surface area contributed by atoms with E-state index in [9.17, 15) is 14.7 Å². The van der Waals surface area contributed by atoms with Gasteiger partial charge < -0.3 is 23.9 Å². The smallest absolute Gasteiger partial charge is 0.415 e. The van der Waals surface area contributed by atoms with Crippen LogP contribution in [0.25, 0.3) is 0 Å². The first kappa shape index (κ1) is 27.0. The topological polar surface area (TPSA) is 102 Å². The highest BCUT2D eigenvalue weighted by Gasteiger charge is 2.40. The molecule has 0 radical (unpaired) electrons. The van der Waals surface area contributed by atoms with Gasteiger partial charge in [-0.3, -0.25) is 4.79 Å². The summed E-state index contributed by atoms with van der Waals surface area (Å²) in [6, 6.07) is 26.5. The molecule has 0 saturated carbocycles. The summed E-state index contributed by atoms with van der Waals surface area (Å²) < 4.78 is 17.2. The fourth-order valence-corrected chi connectivity index (χ4v) is 5.02. The van der Waals surface area contributed by atoms with Crippen LogP contribution in [0.2, 0.25) is 0 Å². The summed E-state index contributed by atoms with van der Waals surface area (Å²) in [4.78, 5) is 30.7. The van der Waals surface area contributed by atoms with Gasteiger partial charge in [-0.05, 0) is 54.7 Å². The van der Waals surface area contributed by atoms with Gasteiger partial charge in [0.2, 0.25) is 0 Å². The summed E-state index contributed by atoms with van der Waals surface area (Å²) in [5.41, 5.74) is 3.03. The molecule has 8 heteroatoms. The van der Waals surface area contributed by atoms with Crippen molar-refractivity contribution < 1.29 is 28.6 Å². The van der Waals surface area contributed by atoms with E-state index in [0.717, 1.165) is 28.3 Å². The van der Waals surface area contributed by atoms with E-state index in [0.29, 0.717) is 44.1 Å². The van der Waals surface area contributed by atoms with Gasteiger partial charge in [-0.25, -0.2) is 9.78 Å². The Hall–Kier alpha value is -4.59. The van der Waals surface area contributed by atoms with Gasteiger partial charge in [-0.15, -0.1) is 0 Å². The molecule has 0 unspecified atom stereocenters. The maximum absolute atomic E-state index is 12.6. The van der Waals surface area contributed by atoms with Crippen LogP contribution < -0.4 is 9.47 Å². The number of carbonyl (C=O) groups is 2. The standard InChI is InChI=1S/C32H32N2O6/c1-22-29(33-30(39-22)19-23-8-4-2-5-9-23)16-17-38-26-14-12-24(13-15-26)18-25-20-34(21-28(25)31(35)36)32(37)40-27-10-6-3-7-11-27/h2-15,25,28H,16-21H2,1H3,(H,35,36)/t25-,28+/m1/s1. The molecular weight excluding hydrogens is 508 g/mol. The fraction of sp³-hybridized carbons (Fsp3) is 0.281. The highest BCUT2D eigenvalue weighted by molar-refractivity contribution is 5.75. The summed E-state index contributed by atoms with van der Waals surface area (Å²) in [6.07, 6.45) is 1.29. The number of aliphatic carboxylic acids is 1. The quantitative estimate of drug-likeness (QED) is 0.281. The van der Waals surface area contributed by atoms with E-state index in [4.69, 9.17) is 13.9 Å². The zero-order valence-electron chi connectivity index (χ0n) is 22.4. The molecule has 1 N–H and O–H groups in total. The maximum atomic E-state index is 12.6. The summed E-state index contributed by atoms with van der Waals surface area (Å²) in [7, 11) is 0. The fourth-order valence-electron chi connectivity index (χ4n) is 5.02. The molecule has 1 aromatic heterocycles. The molecular formula is C32H32N2O6. The lowest BCUT2D eigenvalue weighted by Crippen LogP contribution is -2.32. The summed E-state index contributed by atoms with van der Waals surface area (Å²) in [5.74, 6) is 0.880. The Morgan fingerprint density at radius 3 is 2.33 bits per heavy atom. The normalized spacial score (nSPS) is 16.6. The lowest BCUT2D eigenvalue weighted by atomic mass is 9.90. The Balaban J connectivity index is 1.12. The summed E-state index contributed by atoms with van der Waals surface area (Å²) >= 11 is 0. The Labute approximate surface area is 233 Å². The van der Waals surface area contributed by atoms with Gasteiger partial charge in [0, 0.05) is 25.9 Å². The van der Waals surface area contributed by atoms with Gasteiger partial charge >= 0.3 is 12.1 Å². The zero-order chi connectivity index (χ0) is 27.9. The highest BCUT2D eigenvalue weighted by Crippen LogP contribution is 2.29. The Kier molecular flexibility index (Phi) is 8.44. The lowest BCUT2D eigenvalue weighted by molar-refractivity contribution is -0.142. The van der Waals surface area contributed by atoms with Crippen LogP contribution in [0.15, 0.2) is 89.3 Å². The van der Waals surface area contributed by atoms with Crippen molar-refractivity contribution in [2.75, 3.05) is 19.7 Å². The average Bonchev–Trinajstić information content (AvgIpc) is 3.54. The van der Waals surface area contributed by atoms with Gasteiger partial charge in [0.05, 0.1) is 18.2 Å². The number of carbonyl (C=O) groups excluding carboxylic acids is 1. The molecule has 0 spiro atoms. The van der Waals surface area contributed by atoms with Crippen LogP contribution >= 0.6 is 0 Å². The van der Waals surface area contributed by atoms with Crippen molar-refractivity contribution in [1.82, 2.24) is 9.88 Å².